The summed E-state index contributed by atoms with van der Waals surface area (Å²) in [5, 5.41) is 7.95. The second-order valence-electron chi connectivity index (χ2n) is 4.65. The molecule has 19 heavy (non-hydrogen) atoms. The first kappa shape index (κ1) is 13.7. The summed E-state index contributed by atoms with van der Waals surface area (Å²) < 4.78 is 12.1. The molecular weight excluding hydrogens is 246 g/mol. The number of carbonyl (C=O) groups excluding carboxylic acids is 1. The standard InChI is InChI=1S/C13H19N3O3/c1-3-6-19-13(17)12-10(2)16(15-14-12)9-11-4-7-18-8-5-11/h3,11H,1,4-9H2,2H3. The number of nitrogens with zero attached hydrogens (tertiary/aromatic N) is 3. The molecule has 1 aromatic heterocycles. The fraction of sp³-hybridized carbons (Fsp3) is 0.615. The zero-order chi connectivity index (χ0) is 13.7. The molecule has 0 saturated carbocycles. The van der Waals surface area contributed by atoms with Crippen molar-refractivity contribution in [2.75, 3.05) is 19.8 Å². The van der Waals surface area contributed by atoms with Gasteiger partial charge in [-0.15, -0.1) is 5.10 Å². The highest BCUT2D eigenvalue weighted by Crippen LogP contribution is 2.18. The summed E-state index contributed by atoms with van der Waals surface area (Å²) in [6.45, 7) is 7.89. The van der Waals surface area contributed by atoms with E-state index in [-0.39, 0.29) is 12.3 Å². The highest BCUT2D eigenvalue weighted by atomic mass is 16.5. The maximum absolute atomic E-state index is 11.7. The van der Waals surface area contributed by atoms with Crippen LogP contribution in [0.3, 0.4) is 0 Å². The number of rotatable bonds is 5. The van der Waals surface area contributed by atoms with Crippen LogP contribution in [0.25, 0.3) is 0 Å². The van der Waals surface area contributed by atoms with Gasteiger partial charge < -0.3 is 9.47 Å². The predicted molar refractivity (Wildman–Crippen MR) is 68.8 cm³/mol. The third-order valence-corrected chi connectivity index (χ3v) is 3.28. The molecule has 1 saturated heterocycles. The normalized spacial score (nSPS) is 16.3. The lowest BCUT2D eigenvalue weighted by Gasteiger charge is -2.21. The molecule has 0 aromatic carbocycles. The molecule has 6 nitrogen and oxygen atoms in total. The minimum atomic E-state index is -0.448. The third-order valence-electron chi connectivity index (χ3n) is 3.28. The van der Waals surface area contributed by atoms with E-state index in [1.165, 1.54) is 6.08 Å². The van der Waals surface area contributed by atoms with Gasteiger partial charge in [-0.25, -0.2) is 9.48 Å². The molecule has 0 amide bonds. The Morgan fingerprint density at radius 1 is 1.58 bits per heavy atom. The second-order valence-corrected chi connectivity index (χ2v) is 4.65. The Morgan fingerprint density at radius 2 is 2.32 bits per heavy atom. The number of hydrogen-bond donors (Lipinski definition) is 0. The largest absolute Gasteiger partial charge is 0.457 e. The van der Waals surface area contributed by atoms with Gasteiger partial charge in [-0.2, -0.15) is 0 Å². The smallest absolute Gasteiger partial charge is 0.361 e. The molecule has 1 aliphatic rings. The molecular formula is C13H19N3O3. The van der Waals surface area contributed by atoms with E-state index in [0.29, 0.717) is 5.92 Å². The van der Waals surface area contributed by atoms with E-state index in [1.807, 2.05) is 6.92 Å². The highest BCUT2D eigenvalue weighted by molar-refractivity contribution is 5.88. The van der Waals surface area contributed by atoms with Gasteiger partial charge in [-0.1, -0.05) is 17.9 Å². The molecule has 0 N–H and O–H groups in total. The number of carbonyl (C=O) groups is 1. The van der Waals surface area contributed by atoms with Crippen LogP contribution in [0.5, 0.6) is 0 Å². The molecule has 1 aromatic rings. The van der Waals surface area contributed by atoms with Crippen LogP contribution < -0.4 is 0 Å². The quantitative estimate of drug-likeness (QED) is 0.594. The zero-order valence-corrected chi connectivity index (χ0v) is 11.2. The van der Waals surface area contributed by atoms with E-state index >= 15 is 0 Å². The zero-order valence-electron chi connectivity index (χ0n) is 11.2. The lowest BCUT2D eigenvalue weighted by Crippen LogP contribution is -2.21. The Balaban J connectivity index is 2.00. The lowest BCUT2D eigenvalue weighted by atomic mass is 10.0. The van der Waals surface area contributed by atoms with E-state index < -0.39 is 5.97 Å². The van der Waals surface area contributed by atoms with Gasteiger partial charge in [0.1, 0.15) is 6.61 Å². The van der Waals surface area contributed by atoms with Gasteiger partial charge >= 0.3 is 5.97 Å². The first-order valence-corrected chi connectivity index (χ1v) is 6.48. The van der Waals surface area contributed by atoms with Gasteiger partial charge in [0.25, 0.3) is 0 Å². The summed E-state index contributed by atoms with van der Waals surface area (Å²) in [7, 11) is 0. The Kier molecular flexibility index (Phi) is 4.68. The van der Waals surface area contributed by atoms with Crippen molar-refractivity contribution in [2.24, 2.45) is 5.92 Å². The van der Waals surface area contributed by atoms with Gasteiger partial charge in [0, 0.05) is 19.8 Å². The summed E-state index contributed by atoms with van der Waals surface area (Å²) in [5.74, 6) is 0.0850. The van der Waals surface area contributed by atoms with E-state index in [2.05, 4.69) is 16.9 Å². The van der Waals surface area contributed by atoms with Crippen LogP contribution in [0.4, 0.5) is 0 Å². The average Bonchev–Trinajstić information content (AvgIpc) is 2.79. The van der Waals surface area contributed by atoms with Crippen LogP contribution in [0.1, 0.15) is 29.0 Å². The number of hydrogen-bond acceptors (Lipinski definition) is 5. The Labute approximate surface area is 112 Å². The molecule has 0 bridgehead atoms. The topological polar surface area (TPSA) is 66.2 Å². The average molecular weight is 265 g/mol. The van der Waals surface area contributed by atoms with Crippen LogP contribution in [0.2, 0.25) is 0 Å². The van der Waals surface area contributed by atoms with Crippen molar-refractivity contribution in [3.63, 3.8) is 0 Å². The summed E-state index contributed by atoms with van der Waals surface area (Å²) in [5.41, 5.74) is 1.04. The summed E-state index contributed by atoms with van der Waals surface area (Å²) in [6, 6.07) is 0. The lowest BCUT2D eigenvalue weighted by molar-refractivity contribution is 0.0540. The molecule has 2 rings (SSSR count). The molecule has 0 radical (unpaired) electrons. The van der Waals surface area contributed by atoms with Crippen molar-refractivity contribution < 1.29 is 14.3 Å². The van der Waals surface area contributed by atoms with E-state index in [4.69, 9.17) is 9.47 Å². The molecule has 2 heterocycles. The Hall–Kier alpha value is -1.69. The van der Waals surface area contributed by atoms with Crippen LogP contribution in [-0.2, 0) is 16.0 Å². The first-order valence-electron chi connectivity index (χ1n) is 6.48. The monoisotopic (exact) mass is 265 g/mol. The molecule has 104 valence electrons. The van der Waals surface area contributed by atoms with Crippen molar-refractivity contribution in [1.82, 2.24) is 15.0 Å². The molecule has 6 heteroatoms. The third kappa shape index (κ3) is 3.41. The van der Waals surface area contributed by atoms with Crippen LogP contribution in [-0.4, -0.2) is 40.8 Å². The first-order chi connectivity index (χ1) is 9.22. The maximum Gasteiger partial charge on any atom is 0.361 e. The van der Waals surface area contributed by atoms with Gasteiger partial charge in [0.2, 0.25) is 0 Å². The van der Waals surface area contributed by atoms with E-state index in [1.54, 1.807) is 4.68 Å². The predicted octanol–water partition coefficient (Wildman–Crippen LogP) is 1.36. The van der Waals surface area contributed by atoms with Crippen molar-refractivity contribution >= 4 is 5.97 Å². The van der Waals surface area contributed by atoms with Crippen molar-refractivity contribution in [3.8, 4) is 0 Å². The van der Waals surface area contributed by atoms with Gasteiger partial charge in [0.15, 0.2) is 5.69 Å². The molecule has 1 fully saturated rings. The highest BCUT2D eigenvalue weighted by Gasteiger charge is 2.20. The fourth-order valence-electron chi connectivity index (χ4n) is 2.10. The van der Waals surface area contributed by atoms with Crippen LogP contribution in [0, 0.1) is 12.8 Å². The summed E-state index contributed by atoms with van der Waals surface area (Å²) in [4.78, 5) is 11.7. The van der Waals surface area contributed by atoms with E-state index in [9.17, 15) is 4.79 Å². The van der Waals surface area contributed by atoms with Crippen molar-refractivity contribution in [3.05, 3.63) is 24.0 Å². The van der Waals surface area contributed by atoms with Crippen LogP contribution >= 0.6 is 0 Å². The fourth-order valence-corrected chi connectivity index (χ4v) is 2.10. The Morgan fingerprint density at radius 3 is 3.00 bits per heavy atom. The SMILES string of the molecule is C=CCOC(=O)c1nnn(CC2CCOCC2)c1C. The van der Waals surface area contributed by atoms with Gasteiger partial charge in [-0.05, 0) is 25.7 Å². The van der Waals surface area contributed by atoms with Gasteiger partial charge in [-0.3, -0.25) is 0 Å². The van der Waals surface area contributed by atoms with Crippen LogP contribution in [0.15, 0.2) is 12.7 Å². The summed E-state index contributed by atoms with van der Waals surface area (Å²) >= 11 is 0. The Bertz CT molecular complexity index is 450. The minimum Gasteiger partial charge on any atom is -0.457 e. The molecule has 0 spiro atoms. The minimum absolute atomic E-state index is 0.186. The second kappa shape index (κ2) is 6.47. The summed E-state index contributed by atoms with van der Waals surface area (Å²) in [6.07, 6.45) is 3.57. The van der Waals surface area contributed by atoms with Crippen molar-refractivity contribution in [2.45, 2.75) is 26.3 Å². The molecule has 1 aliphatic heterocycles. The molecule has 0 aliphatic carbocycles. The number of aromatic nitrogens is 3. The maximum atomic E-state index is 11.7. The molecule has 0 atom stereocenters. The molecule has 0 unspecified atom stereocenters. The van der Waals surface area contributed by atoms with E-state index in [0.717, 1.165) is 38.3 Å². The van der Waals surface area contributed by atoms with Gasteiger partial charge in [0.05, 0.1) is 5.69 Å². The van der Waals surface area contributed by atoms with Crippen molar-refractivity contribution in [1.29, 1.82) is 0 Å². The number of esters is 1. The number of ether oxygens (including phenoxy) is 2.